The number of hydrogen-bond acceptors (Lipinski definition) is 5. The van der Waals surface area contributed by atoms with E-state index in [1.54, 1.807) is 21.8 Å². The first-order chi connectivity index (χ1) is 15.6. The van der Waals surface area contributed by atoms with E-state index < -0.39 is 0 Å². The average molecular weight is 448 g/mol. The summed E-state index contributed by atoms with van der Waals surface area (Å²) < 4.78 is 7.57. The van der Waals surface area contributed by atoms with E-state index in [1.807, 2.05) is 55.7 Å². The largest absolute Gasteiger partial charge is 0.368 e. The van der Waals surface area contributed by atoms with Crippen LogP contribution in [0.5, 0.6) is 0 Å². The van der Waals surface area contributed by atoms with Crippen LogP contribution in [0.25, 0.3) is 5.65 Å². The van der Waals surface area contributed by atoms with Crippen LogP contribution in [-0.4, -0.2) is 50.1 Å². The lowest BCUT2D eigenvalue weighted by Gasteiger charge is -2.32. The van der Waals surface area contributed by atoms with E-state index in [0.29, 0.717) is 37.3 Å². The number of aryl methyl sites for hydroxylation is 1. The number of pyridine rings is 1. The molecular formula is C24H22ClN5O2. The summed E-state index contributed by atoms with van der Waals surface area (Å²) in [5.74, 6) is -0.0972. The first-order valence-electron chi connectivity index (χ1n) is 10.5. The monoisotopic (exact) mass is 447 g/mol. The van der Waals surface area contributed by atoms with Crippen LogP contribution < -0.4 is 0 Å². The molecule has 1 aliphatic heterocycles. The van der Waals surface area contributed by atoms with E-state index >= 15 is 0 Å². The zero-order chi connectivity index (χ0) is 22.1. The fourth-order valence-electron chi connectivity index (χ4n) is 3.89. The van der Waals surface area contributed by atoms with Crippen LogP contribution in [0, 0.1) is 6.92 Å². The summed E-state index contributed by atoms with van der Waals surface area (Å²) >= 11 is 6.27. The van der Waals surface area contributed by atoms with Crippen molar-refractivity contribution in [2.75, 3.05) is 19.7 Å². The van der Waals surface area contributed by atoms with Crippen molar-refractivity contribution in [3.05, 3.63) is 94.2 Å². The second kappa shape index (κ2) is 8.68. The van der Waals surface area contributed by atoms with Crippen LogP contribution in [0.15, 0.2) is 61.2 Å². The van der Waals surface area contributed by atoms with Gasteiger partial charge in [0.2, 0.25) is 0 Å². The Bertz CT molecular complexity index is 1270. The molecule has 0 spiro atoms. The Kier molecular flexibility index (Phi) is 5.59. The highest BCUT2D eigenvalue weighted by Gasteiger charge is 2.28. The number of carbonyl (C=O) groups is 1. The highest BCUT2D eigenvalue weighted by atomic mass is 35.5. The molecule has 0 bridgehead atoms. The van der Waals surface area contributed by atoms with Crippen LogP contribution in [0.4, 0.5) is 0 Å². The Balaban J connectivity index is 1.30. The lowest BCUT2D eigenvalue weighted by atomic mass is 10.1. The molecule has 1 atom stereocenters. The molecule has 1 amide bonds. The van der Waals surface area contributed by atoms with Gasteiger partial charge in [-0.1, -0.05) is 35.9 Å². The summed E-state index contributed by atoms with van der Waals surface area (Å²) in [7, 11) is 0. The number of hydrogen-bond donors (Lipinski definition) is 0. The maximum absolute atomic E-state index is 13.2. The molecule has 4 heterocycles. The minimum atomic E-state index is -0.279. The molecule has 0 radical (unpaired) electrons. The smallest absolute Gasteiger partial charge is 0.259 e. The molecule has 7 nitrogen and oxygen atoms in total. The zero-order valence-electron chi connectivity index (χ0n) is 17.6. The van der Waals surface area contributed by atoms with Crippen LogP contribution in [-0.2, 0) is 11.2 Å². The molecule has 1 aliphatic rings. The van der Waals surface area contributed by atoms with Gasteiger partial charge in [0.25, 0.3) is 5.91 Å². The van der Waals surface area contributed by atoms with E-state index in [1.165, 1.54) is 0 Å². The third-order valence-corrected chi connectivity index (χ3v) is 5.97. The number of morpholine rings is 1. The first-order valence-corrected chi connectivity index (χ1v) is 10.9. The van der Waals surface area contributed by atoms with E-state index in [2.05, 4.69) is 15.1 Å². The summed E-state index contributed by atoms with van der Waals surface area (Å²) in [6.07, 6.45) is 7.46. The Morgan fingerprint density at radius 2 is 2.03 bits per heavy atom. The Hall–Kier alpha value is -3.29. The quantitative estimate of drug-likeness (QED) is 0.474. The number of carbonyl (C=O) groups excluding carboxylic acids is 1. The van der Waals surface area contributed by atoms with E-state index in [9.17, 15) is 4.79 Å². The lowest BCUT2D eigenvalue weighted by molar-refractivity contribution is -0.0246. The number of ether oxygens (including phenoxy) is 1. The van der Waals surface area contributed by atoms with Crippen molar-refractivity contribution < 1.29 is 9.53 Å². The van der Waals surface area contributed by atoms with Gasteiger partial charge in [0.15, 0.2) is 5.65 Å². The minimum absolute atomic E-state index is 0.0972. The van der Waals surface area contributed by atoms with Gasteiger partial charge in [-0.3, -0.25) is 9.78 Å². The van der Waals surface area contributed by atoms with Crippen molar-refractivity contribution >= 4 is 23.2 Å². The van der Waals surface area contributed by atoms with Gasteiger partial charge in [-0.05, 0) is 35.7 Å². The molecule has 4 aromatic rings. The number of aromatic nitrogens is 4. The lowest BCUT2D eigenvalue weighted by Crippen LogP contribution is -2.42. The summed E-state index contributed by atoms with van der Waals surface area (Å²) in [5.41, 5.74) is 4.97. The third-order valence-electron chi connectivity index (χ3n) is 5.60. The summed E-state index contributed by atoms with van der Waals surface area (Å²) in [6.45, 7) is 3.34. The van der Waals surface area contributed by atoms with Gasteiger partial charge in [-0.15, -0.1) is 0 Å². The molecule has 32 heavy (non-hydrogen) atoms. The SMILES string of the molecule is Cc1cnc2c(C(=O)N3CCO[C@@H](c4ccc(Cc5ccccc5Cl)cn4)C3)cnn2c1. The fourth-order valence-corrected chi connectivity index (χ4v) is 4.10. The maximum atomic E-state index is 13.2. The molecule has 8 heteroatoms. The molecule has 1 saturated heterocycles. The van der Waals surface area contributed by atoms with Gasteiger partial charge in [-0.25, -0.2) is 9.50 Å². The molecule has 1 fully saturated rings. The molecule has 1 aromatic carbocycles. The van der Waals surface area contributed by atoms with Gasteiger partial charge in [-0.2, -0.15) is 5.10 Å². The van der Waals surface area contributed by atoms with Gasteiger partial charge >= 0.3 is 0 Å². The Morgan fingerprint density at radius 1 is 1.16 bits per heavy atom. The molecule has 3 aromatic heterocycles. The van der Waals surface area contributed by atoms with Gasteiger partial charge < -0.3 is 9.64 Å². The summed E-state index contributed by atoms with van der Waals surface area (Å²) in [4.78, 5) is 23.9. The Morgan fingerprint density at radius 3 is 2.84 bits per heavy atom. The van der Waals surface area contributed by atoms with Crippen molar-refractivity contribution in [3.63, 3.8) is 0 Å². The van der Waals surface area contributed by atoms with Gasteiger partial charge in [0.05, 0.1) is 25.0 Å². The normalized spacial score (nSPS) is 16.4. The van der Waals surface area contributed by atoms with Crippen molar-refractivity contribution in [2.45, 2.75) is 19.4 Å². The van der Waals surface area contributed by atoms with E-state index in [4.69, 9.17) is 16.3 Å². The number of fused-ring (bicyclic) bond motifs is 1. The molecule has 0 N–H and O–H groups in total. The van der Waals surface area contributed by atoms with E-state index in [-0.39, 0.29) is 12.0 Å². The van der Waals surface area contributed by atoms with Crippen LogP contribution >= 0.6 is 11.6 Å². The Labute approximate surface area is 190 Å². The average Bonchev–Trinajstić information content (AvgIpc) is 3.23. The summed E-state index contributed by atoms with van der Waals surface area (Å²) in [5, 5.41) is 5.03. The van der Waals surface area contributed by atoms with E-state index in [0.717, 1.165) is 27.4 Å². The second-order valence-electron chi connectivity index (χ2n) is 7.93. The zero-order valence-corrected chi connectivity index (χ0v) is 18.4. The molecule has 0 unspecified atom stereocenters. The van der Waals surface area contributed by atoms with Gasteiger partial charge in [0, 0.05) is 36.6 Å². The van der Waals surface area contributed by atoms with Crippen LogP contribution in [0.2, 0.25) is 5.02 Å². The third kappa shape index (κ3) is 4.09. The summed E-state index contributed by atoms with van der Waals surface area (Å²) in [6, 6.07) is 11.8. The number of nitrogens with zero attached hydrogens (tertiary/aromatic N) is 5. The topological polar surface area (TPSA) is 72.6 Å². The number of halogens is 1. The number of benzene rings is 1. The van der Waals surface area contributed by atoms with Crippen LogP contribution in [0.1, 0.15) is 38.8 Å². The van der Waals surface area contributed by atoms with Crippen molar-refractivity contribution in [1.29, 1.82) is 0 Å². The van der Waals surface area contributed by atoms with Crippen molar-refractivity contribution in [1.82, 2.24) is 24.5 Å². The molecule has 0 saturated carbocycles. The predicted octanol–water partition coefficient (Wildman–Crippen LogP) is 3.89. The van der Waals surface area contributed by atoms with Crippen LogP contribution in [0.3, 0.4) is 0 Å². The predicted molar refractivity (Wildman–Crippen MR) is 121 cm³/mol. The number of amides is 1. The standard InChI is InChI=1S/C24H22ClN5O2/c1-16-11-27-23-19(13-28-30(23)14-16)24(31)29-8-9-32-22(15-29)21-7-6-17(12-26-21)10-18-4-2-3-5-20(18)25/h2-7,11-14,22H,8-10,15H2,1H3/t22-/m1/s1. The molecular weight excluding hydrogens is 426 g/mol. The number of rotatable bonds is 4. The highest BCUT2D eigenvalue weighted by Crippen LogP contribution is 2.24. The van der Waals surface area contributed by atoms with Crippen molar-refractivity contribution in [3.8, 4) is 0 Å². The maximum Gasteiger partial charge on any atom is 0.259 e. The minimum Gasteiger partial charge on any atom is -0.368 e. The molecule has 0 aliphatic carbocycles. The second-order valence-corrected chi connectivity index (χ2v) is 8.34. The first kappa shape index (κ1) is 20.6. The van der Waals surface area contributed by atoms with Gasteiger partial charge in [0.1, 0.15) is 11.7 Å². The molecule has 162 valence electrons. The fraction of sp³-hybridized carbons (Fsp3) is 0.250. The highest BCUT2D eigenvalue weighted by molar-refractivity contribution is 6.31. The molecule has 5 rings (SSSR count). The van der Waals surface area contributed by atoms with Crippen molar-refractivity contribution in [2.24, 2.45) is 0 Å².